The van der Waals surface area contributed by atoms with Crippen LogP contribution in [0.25, 0.3) is 10.8 Å². The fourth-order valence-corrected chi connectivity index (χ4v) is 3.30. The van der Waals surface area contributed by atoms with Gasteiger partial charge in [0, 0.05) is 16.5 Å². The third-order valence-electron chi connectivity index (χ3n) is 3.64. The van der Waals surface area contributed by atoms with Crippen molar-refractivity contribution in [2.45, 2.75) is 13.5 Å². The van der Waals surface area contributed by atoms with Crippen LogP contribution in [0.4, 0.5) is 5.82 Å². The third kappa shape index (κ3) is 2.19. The van der Waals surface area contributed by atoms with Crippen LogP contribution >= 0.6 is 11.3 Å². The van der Waals surface area contributed by atoms with Crippen LogP contribution in [-0.4, -0.2) is 11.8 Å². The van der Waals surface area contributed by atoms with Gasteiger partial charge in [0.25, 0.3) is 0 Å². The monoisotopic (exact) mass is 298 g/mol. The van der Waals surface area contributed by atoms with E-state index in [2.05, 4.69) is 28.7 Å². The molecule has 3 heterocycles. The Morgan fingerprint density at radius 3 is 2.90 bits per heavy atom. The summed E-state index contributed by atoms with van der Waals surface area (Å²) in [5.41, 5.74) is 1.31. The molecule has 1 aliphatic rings. The van der Waals surface area contributed by atoms with E-state index in [1.54, 1.807) is 11.3 Å². The normalized spacial score (nSPS) is 12.8. The summed E-state index contributed by atoms with van der Waals surface area (Å²) in [6.45, 7) is 3.20. The maximum Gasteiger partial charge on any atom is 0.231 e. The quantitative estimate of drug-likeness (QED) is 0.795. The Hall–Kier alpha value is -2.27. The van der Waals surface area contributed by atoms with E-state index >= 15 is 0 Å². The molecule has 0 radical (unpaired) electrons. The first-order valence-corrected chi connectivity index (χ1v) is 7.64. The summed E-state index contributed by atoms with van der Waals surface area (Å²) in [6, 6.07) is 8.12. The predicted octanol–water partition coefficient (Wildman–Crippen LogP) is 3.95. The van der Waals surface area contributed by atoms with Crippen LogP contribution in [0.3, 0.4) is 0 Å². The van der Waals surface area contributed by atoms with Crippen LogP contribution in [0.5, 0.6) is 11.5 Å². The summed E-state index contributed by atoms with van der Waals surface area (Å²) in [6.07, 6.45) is 1.81. The van der Waals surface area contributed by atoms with Crippen LogP contribution in [0.15, 0.2) is 35.8 Å². The van der Waals surface area contributed by atoms with Gasteiger partial charge < -0.3 is 14.8 Å². The molecular weight excluding hydrogens is 284 g/mol. The number of hydrogen-bond acceptors (Lipinski definition) is 5. The minimum absolute atomic E-state index is 0.288. The maximum atomic E-state index is 5.46. The first-order chi connectivity index (χ1) is 10.3. The van der Waals surface area contributed by atoms with E-state index in [0.717, 1.165) is 34.6 Å². The van der Waals surface area contributed by atoms with Crippen molar-refractivity contribution in [2.75, 3.05) is 12.1 Å². The SMILES string of the molecule is Cc1ccsc1CNc1nccc2cc3c(cc12)OCO3. The Balaban J connectivity index is 1.70. The predicted molar refractivity (Wildman–Crippen MR) is 84.2 cm³/mol. The molecule has 0 amide bonds. The molecule has 0 bridgehead atoms. The molecule has 0 saturated heterocycles. The van der Waals surface area contributed by atoms with E-state index in [4.69, 9.17) is 9.47 Å². The Morgan fingerprint density at radius 2 is 2.10 bits per heavy atom. The summed E-state index contributed by atoms with van der Waals surface area (Å²) in [5, 5.41) is 7.69. The smallest absolute Gasteiger partial charge is 0.231 e. The van der Waals surface area contributed by atoms with E-state index in [1.807, 2.05) is 24.4 Å². The Labute approximate surface area is 126 Å². The number of benzene rings is 1. The maximum absolute atomic E-state index is 5.46. The molecule has 21 heavy (non-hydrogen) atoms. The zero-order valence-electron chi connectivity index (χ0n) is 11.6. The van der Waals surface area contributed by atoms with E-state index in [-0.39, 0.29) is 6.79 Å². The summed E-state index contributed by atoms with van der Waals surface area (Å²) in [4.78, 5) is 5.79. The number of nitrogens with one attached hydrogen (secondary N) is 1. The molecule has 4 rings (SSSR count). The van der Waals surface area contributed by atoms with Crippen LogP contribution in [-0.2, 0) is 6.54 Å². The van der Waals surface area contributed by atoms with Gasteiger partial charge in [0.1, 0.15) is 5.82 Å². The standard InChI is InChI=1S/C16H14N2O2S/c1-10-3-5-21-15(10)8-18-16-12-7-14-13(19-9-20-14)6-11(12)2-4-17-16/h2-7H,8-9H2,1H3,(H,17,18). The summed E-state index contributed by atoms with van der Waals surface area (Å²) < 4.78 is 10.9. The molecule has 106 valence electrons. The molecule has 0 atom stereocenters. The van der Waals surface area contributed by atoms with Gasteiger partial charge >= 0.3 is 0 Å². The number of ether oxygens (including phenoxy) is 2. The van der Waals surface area contributed by atoms with Crippen molar-refractivity contribution in [3.8, 4) is 11.5 Å². The van der Waals surface area contributed by atoms with Crippen LogP contribution in [0, 0.1) is 6.92 Å². The highest BCUT2D eigenvalue weighted by atomic mass is 32.1. The lowest BCUT2D eigenvalue weighted by molar-refractivity contribution is 0.174. The summed E-state index contributed by atoms with van der Waals surface area (Å²) >= 11 is 1.76. The van der Waals surface area contributed by atoms with Gasteiger partial charge in [-0.3, -0.25) is 0 Å². The van der Waals surface area contributed by atoms with E-state index < -0.39 is 0 Å². The van der Waals surface area contributed by atoms with Crippen molar-refractivity contribution in [1.29, 1.82) is 0 Å². The Kier molecular flexibility index (Phi) is 2.93. The molecule has 0 saturated carbocycles. The van der Waals surface area contributed by atoms with E-state index in [1.165, 1.54) is 10.4 Å². The van der Waals surface area contributed by atoms with Gasteiger partial charge in [0.05, 0.1) is 6.54 Å². The molecule has 0 aliphatic carbocycles. The molecule has 0 unspecified atom stereocenters. The Morgan fingerprint density at radius 1 is 1.24 bits per heavy atom. The molecule has 5 heteroatoms. The fraction of sp³-hybridized carbons (Fsp3) is 0.188. The average molecular weight is 298 g/mol. The highest BCUT2D eigenvalue weighted by Gasteiger charge is 2.15. The number of fused-ring (bicyclic) bond motifs is 2. The molecule has 0 fully saturated rings. The first-order valence-electron chi connectivity index (χ1n) is 6.76. The number of rotatable bonds is 3. The lowest BCUT2D eigenvalue weighted by atomic mass is 10.1. The second-order valence-electron chi connectivity index (χ2n) is 4.97. The van der Waals surface area contributed by atoms with Gasteiger partial charge in [0.2, 0.25) is 6.79 Å². The summed E-state index contributed by atoms with van der Waals surface area (Å²) in [7, 11) is 0. The zero-order chi connectivity index (χ0) is 14.2. The minimum atomic E-state index is 0.288. The van der Waals surface area contributed by atoms with Crippen molar-refractivity contribution in [3.63, 3.8) is 0 Å². The third-order valence-corrected chi connectivity index (χ3v) is 4.67. The van der Waals surface area contributed by atoms with Crippen molar-refractivity contribution >= 4 is 27.9 Å². The second-order valence-corrected chi connectivity index (χ2v) is 5.97. The van der Waals surface area contributed by atoms with E-state index in [9.17, 15) is 0 Å². The average Bonchev–Trinajstić information content (AvgIpc) is 3.11. The van der Waals surface area contributed by atoms with Gasteiger partial charge in [-0.25, -0.2) is 4.98 Å². The highest BCUT2D eigenvalue weighted by molar-refractivity contribution is 7.10. The molecule has 1 N–H and O–H groups in total. The van der Waals surface area contributed by atoms with Crippen LogP contribution < -0.4 is 14.8 Å². The number of thiophene rings is 1. The number of pyridine rings is 1. The van der Waals surface area contributed by atoms with Crippen molar-refractivity contribution in [2.24, 2.45) is 0 Å². The molecule has 2 aromatic heterocycles. The van der Waals surface area contributed by atoms with Gasteiger partial charge in [-0.05, 0) is 47.5 Å². The Bertz CT molecular complexity index is 813. The second kappa shape index (κ2) is 4.93. The molecule has 0 spiro atoms. The van der Waals surface area contributed by atoms with Crippen LogP contribution in [0.1, 0.15) is 10.4 Å². The van der Waals surface area contributed by atoms with Crippen molar-refractivity contribution < 1.29 is 9.47 Å². The van der Waals surface area contributed by atoms with E-state index in [0.29, 0.717) is 0 Å². The molecule has 1 aliphatic heterocycles. The number of nitrogens with zero attached hydrogens (tertiary/aromatic N) is 1. The topological polar surface area (TPSA) is 43.4 Å². The number of aromatic nitrogens is 1. The molecule has 1 aromatic carbocycles. The van der Waals surface area contributed by atoms with Gasteiger partial charge in [-0.1, -0.05) is 0 Å². The molecule has 3 aromatic rings. The summed E-state index contributed by atoms with van der Waals surface area (Å²) in [5.74, 6) is 2.46. The van der Waals surface area contributed by atoms with Gasteiger partial charge in [-0.2, -0.15) is 0 Å². The molecule has 4 nitrogen and oxygen atoms in total. The van der Waals surface area contributed by atoms with Gasteiger partial charge in [-0.15, -0.1) is 11.3 Å². The van der Waals surface area contributed by atoms with Crippen LogP contribution in [0.2, 0.25) is 0 Å². The lowest BCUT2D eigenvalue weighted by Gasteiger charge is -2.09. The molecular formula is C16H14N2O2S. The largest absolute Gasteiger partial charge is 0.454 e. The zero-order valence-corrected chi connectivity index (χ0v) is 12.4. The fourth-order valence-electron chi connectivity index (χ4n) is 2.45. The number of hydrogen-bond donors (Lipinski definition) is 1. The minimum Gasteiger partial charge on any atom is -0.454 e. The van der Waals surface area contributed by atoms with Gasteiger partial charge in [0.15, 0.2) is 11.5 Å². The lowest BCUT2D eigenvalue weighted by Crippen LogP contribution is -2.01. The van der Waals surface area contributed by atoms with Crippen molar-refractivity contribution in [1.82, 2.24) is 4.98 Å². The number of aryl methyl sites for hydroxylation is 1. The number of anilines is 1. The first kappa shape index (κ1) is 12.5. The highest BCUT2D eigenvalue weighted by Crippen LogP contribution is 2.37. The van der Waals surface area contributed by atoms with Crippen molar-refractivity contribution in [3.05, 3.63) is 46.3 Å².